The number of benzene rings is 8. The molecule has 4 heterocycles. The van der Waals surface area contributed by atoms with E-state index in [1.807, 2.05) is 60.7 Å². The first-order valence-electron chi connectivity index (χ1n) is 26.1. The van der Waals surface area contributed by atoms with Crippen molar-refractivity contribution in [3.05, 3.63) is 256 Å². The first kappa shape index (κ1) is 49.8. The van der Waals surface area contributed by atoms with Crippen LogP contribution >= 0.6 is 22.7 Å². The number of ether oxygens (including phenoxy) is 1. The summed E-state index contributed by atoms with van der Waals surface area (Å²) in [4.78, 5) is 17.5. The maximum atomic E-state index is 12.3. The van der Waals surface area contributed by atoms with Gasteiger partial charge in [0.05, 0.1) is 39.0 Å². The molecule has 0 radical (unpaired) electrons. The fraction of sp³-hybridized carbons (Fsp3) is 0.0909. The van der Waals surface area contributed by atoms with E-state index in [9.17, 15) is 11.8 Å². The van der Waals surface area contributed by atoms with Crippen LogP contribution in [0.2, 0.25) is 0 Å². The molecule has 374 valence electrons. The summed E-state index contributed by atoms with van der Waals surface area (Å²) in [6.45, 7) is 12.2. The van der Waals surface area contributed by atoms with Crippen molar-refractivity contribution < 1.29 is 4.74 Å². The topological polar surface area (TPSA) is 76.3 Å². The van der Waals surface area contributed by atoms with Gasteiger partial charge in [-0.1, -0.05) is 192 Å². The van der Waals surface area contributed by atoms with Crippen molar-refractivity contribution in [1.82, 2.24) is 23.8 Å². The molecule has 0 unspecified atom stereocenters. The number of para-hydroxylation sites is 2. The molecule has 0 aliphatic rings. The highest BCUT2D eigenvalue weighted by Gasteiger charge is 2.38. The minimum absolute atomic E-state index is 0.401. The largest absolute Gasteiger partial charge is 0.494 e. The van der Waals surface area contributed by atoms with E-state index < -0.39 is 13.7 Å². The molecule has 8 nitrogen and oxygen atoms in total. The maximum absolute atomic E-state index is 12.3. The highest BCUT2D eigenvalue weighted by Crippen LogP contribution is 2.39. The van der Waals surface area contributed by atoms with Crippen molar-refractivity contribution in [3.8, 4) is 34.3 Å². The molecule has 78 heavy (non-hydrogen) atoms. The zero-order valence-electron chi connectivity index (χ0n) is 43.4. The van der Waals surface area contributed by atoms with E-state index in [0.29, 0.717) is 38.6 Å². The first-order valence-corrected chi connectivity index (χ1v) is 27.7. The van der Waals surface area contributed by atoms with E-state index in [0.717, 1.165) is 99.9 Å². The van der Waals surface area contributed by atoms with E-state index in [-0.39, 0.29) is 0 Å². The second-order valence-electron chi connectivity index (χ2n) is 19.6. The van der Waals surface area contributed by atoms with Crippen LogP contribution in [0.3, 0.4) is 0 Å². The van der Waals surface area contributed by atoms with Crippen LogP contribution in [0.4, 0.5) is 0 Å². The van der Waals surface area contributed by atoms with Crippen LogP contribution in [0.5, 0.6) is 5.75 Å². The second-order valence-corrected chi connectivity index (χ2v) is 21.7. The number of rotatable bonds is 15. The minimum atomic E-state index is -0.490. The Hall–Kier alpha value is -9.03. The smallest absolute Gasteiger partial charge is 0.328 e. The molecule has 12 rings (SSSR count). The molecule has 8 aromatic carbocycles. The molecular formula is C66H51B2N7OS2. The molecule has 12 heteroatoms. The summed E-state index contributed by atoms with van der Waals surface area (Å²) >= 11 is 3.04. The van der Waals surface area contributed by atoms with E-state index in [4.69, 9.17) is 14.7 Å². The van der Waals surface area contributed by atoms with E-state index in [2.05, 4.69) is 204 Å². The fourth-order valence-electron chi connectivity index (χ4n) is 10.9. The average Bonchev–Trinajstić information content (AvgIpc) is 3.79. The van der Waals surface area contributed by atoms with Gasteiger partial charge < -0.3 is 18.6 Å². The van der Waals surface area contributed by atoms with Crippen LogP contribution in [-0.2, 0) is 0 Å². The molecule has 0 bridgehead atoms. The van der Waals surface area contributed by atoms with Crippen molar-refractivity contribution in [2.45, 2.75) is 13.3 Å². The van der Waals surface area contributed by atoms with Crippen molar-refractivity contribution >= 4 is 101 Å². The highest BCUT2D eigenvalue weighted by atomic mass is 32.1. The Morgan fingerprint density at radius 1 is 0.577 bits per heavy atom. The Morgan fingerprint density at radius 2 is 1.04 bits per heavy atom. The molecule has 0 N–H and O–H groups in total. The van der Waals surface area contributed by atoms with Crippen molar-refractivity contribution in [3.63, 3.8) is 0 Å². The summed E-state index contributed by atoms with van der Waals surface area (Å²) < 4.78 is 13.2. The lowest BCUT2D eigenvalue weighted by atomic mass is 9.50. The third-order valence-corrected chi connectivity index (χ3v) is 16.5. The number of fused-ring (bicyclic) bond motifs is 3. The molecule has 0 fully saturated rings. The number of nitrogens with zero attached hydrogens (tertiary/aromatic N) is 7. The Labute approximate surface area is 462 Å². The summed E-state index contributed by atoms with van der Waals surface area (Å²) in [5, 5.41) is 16.5. The van der Waals surface area contributed by atoms with Crippen LogP contribution in [0.15, 0.2) is 218 Å². The predicted molar refractivity (Wildman–Crippen MR) is 327 cm³/mol. The lowest BCUT2D eigenvalue weighted by Gasteiger charge is -2.25. The summed E-state index contributed by atoms with van der Waals surface area (Å²) in [6.07, 6.45) is 0.875. The van der Waals surface area contributed by atoms with Gasteiger partial charge in [0.1, 0.15) is 27.4 Å². The number of aryl methyl sites for hydroxylation is 1. The second kappa shape index (κ2) is 21.9. The van der Waals surface area contributed by atoms with Gasteiger partial charge in [-0.15, -0.1) is 22.7 Å². The van der Waals surface area contributed by atoms with Gasteiger partial charge in [0, 0.05) is 39.6 Å². The van der Waals surface area contributed by atoms with Crippen LogP contribution in [0, 0.1) is 24.8 Å². The monoisotopic (exact) mass is 1040 g/mol. The molecule has 0 spiro atoms. The van der Waals surface area contributed by atoms with Crippen LogP contribution in [0.25, 0.3) is 69.8 Å². The van der Waals surface area contributed by atoms with Crippen LogP contribution in [-0.4, -0.2) is 64.8 Å². The predicted octanol–water partition coefficient (Wildman–Crippen LogP) is 10.7. The van der Waals surface area contributed by atoms with Gasteiger partial charge in [0.25, 0.3) is 0 Å². The number of aromatic nitrogens is 4. The molecule has 0 aliphatic heterocycles. The van der Waals surface area contributed by atoms with Gasteiger partial charge in [-0.25, -0.2) is 14.8 Å². The summed E-state index contributed by atoms with van der Waals surface area (Å²) in [5.41, 5.74) is 11.1. The molecule has 4 aromatic heterocycles. The third kappa shape index (κ3) is 9.31. The summed E-state index contributed by atoms with van der Waals surface area (Å²) in [7, 11) is 4.15. The highest BCUT2D eigenvalue weighted by molar-refractivity contribution is 7.20. The number of thiazole rings is 2. The first-order chi connectivity index (χ1) is 38.4. The van der Waals surface area contributed by atoms with Gasteiger partial charge >= 0.3 is 13.7 Å². The molecule has 0 atom stereocenters. The Bertz CT molecular complexity index is 4110. The Balaban J connectivity index is 1.40. The Morgan fingerprint density at radius 3 is 1.54 bits per heavy atom. The number of nitriles is 1. The maximum Gasteiger partial charge on any atom is 0.328 e. The molecule has 0 aliphatic carbocycles. The number of hydrogen-bond acceptors (Lipinski definition) is 7. The molecule has 0 saturated carbocycles. The summed E-state index contributed by atoms with van der Waals surface area (Å²) in [5.74, 6) is 0.753. The van der Waals surface area contributed by atoms with Gasteiger partial charge in [-0.2, -0.15) is 5.26 Å². The van der Waals surface area contributed by atoms with E-state index in [1.54, 1.807) is 0 Å². The molecule has 0 amide bonds. The molecular weight excluding hydrogens is 993 g/mol. The lowest BCUT2D eigenvalue weighted by Crippen LogP contribution is -2.54. The number of hydrogen-bond donors (Lipinski definition) is 0. The van der Waals surface area contributed by atoms with E-state index >= 15 is 0 Å². The van der Waals surface area contributed by atoms with Crippen molar-refractivity contribution in [2.75, 3.05) is 27.2 Å². The SMILES string of the molecule is [C-]#[N+]/C(c1nc2ccccc2s1)=c1\c2c(-c3ccccc3C)n(B(c3ccccc3)c3ccccc3)/c(=C(/C#N)c3nc4ccccc4s3)c2c(-c2ccc(OCCCN(C)C)cc2)n1B(c1ccccc1)c1ccccc1. The van der Waals surface area contributed by atoms with Gasteiger partial charge in [-0.3, -0.25) is 0 Å². The van der Waals surface area contributed by atoms with E-state index in [1.165, 1.54) is 22.7 Å². The summed E-state index contributed by atoms with van der Waals surface area (Å²) in [6, 6.07) is 78.2. The zero-order valence-corrected chi connectivity index (χ0v) is 45.0. The molecule has 12 aromatic rings. The van der Waals surface area contributed by atoms with Crippen molar-refractivity contribution in [2.24, 2.45) is 0 Å². The third-order valence-electron chi connectivity index (χ3n) is 14.4. The van der Waals surface area contributed by atoms with Crippen LogP contribution in [0.1, 0.15) is 22.0 Å². The molecule has 0 saturated heterocycles. The van der Waals surface area contributed by atoms with Gasteiger partial charge in [0.2, 0.25) is 5.70 Å². The normalized spacial score (nSPS) is 12.2. The van der Waals surface area contributed by atoms with Gasteiger partial charge in [0.15, 0.2) is 0 Å². The quantitative estimate of drug-likeness (QED) is 0.0581. The van der Waals surface area contributed by atoms with Crippen molar-refractivity contribution in [1.29, 1.82) is 5.26 Å². The fourth-order valence-corrected chi connectivity index (χ4v) is 12.9. The average molecular weight is 1040 g/mol. The van der Waals surface area contributed by atoms with Crippen LogP contribution < -0.4 is 37.3 Å². The Kier molecular flexibility index (Phi) is 14.0. The lowest BCUT2D eigenvalue weighted by molar-refractivity contribution is 0.281. The minimum Gasteiger partial charge on any atom is -0.494 e. The standard InChI is InChI=1S/C66H51B2N7OS2/c1-45-24-17-18-33-52(45)62-59-58(63(53(44-69)65-71-54-34-19-21-36-56(54)77-65)75(62)68(49-29-13-7-14-30-49)50-31-15-8-16-32-50)61(46-38-40-51(41-39-46)76-43-23-42-73(3)4)74(67(47-25-9-5-10-26-47)48-27-11-6-12-28-48)64(59)60(70-2)66-72-55-35-20-22-37-57(55)78-66/h5-22,24-41H,23,42-43H2,1,3-4H3/b63-53-,64-60+. The zero-order chi connectivity index (χ0) is 53.1. The van der Waals surface area contributed by atoms with Gasteiger partial charge in [-0.05, 0) is 87.1 Å².